The lowest BCUT2D eigenvalue weighted by atomic mass is 10.3. The van der Waals surface area contributed by atoms with Crippen LogP contribution in [-0.4, -0.2) is 15.5 Å². The lowest BCUT2D eigenvalue weighted by Crippen LogP contribution is -2.05. The van der Waals surface area contributed by atoms with Gasteiger partial charge in [-0.15, -0.1) is 0 Å². The van der Waals surface area contributed by atoms with Gasteiger partial charge in [0.05, 0.1) is 0 Å². The lowest BCUT2D eigenvalue weighted by Gasteiger charge is -1.99. The Morgan fingerprint density at radius 3 is 2.83 bits per heavy atom. The first-order valence-electron chi connectivity index (χ1n) is 3.29. The second kappa shape index (κ2) is 2.91. The summed E-state index contributed by atoms with van der Waals surface area (Å²) in [4.78, 5) is 7.74. The molecule has 0 amide bonds. The number of anilines is 1. The van der Waals surface area contributed by atoms with Crippen LogP contribution in [0.3, 0.4) is 0 Å². The predicted octanol–water partition coefficient (Wildman–Crippen LogP) is 2.32. The van der Waals surface area contributed by atoms with Crippen molar-refractivity contribution in [2.45, 2.75) is 11.9 Å². The molecule has 2 heterocycles. The molecule has 0 saturated carbocycles. The highest BCUT2D eigenvalue weighted by Crippen LogP contribution is 2.31. The Hall–Kier alpha value is -0.250. The molecule has 1 unspecified atom stereocenters. The first kappa shape index (κ1) is 8.35. The minimum Gasteiger partial charge on any atom is -0.353 e. The molecular formula is C6H4Cl3N3. The van der Waals surface area contributed by atoms with E-state index >= 15 is 0 Å². The zero-order valence-corrected chi connectivity index (χ0v) is 8.08. The van der Waals surface area contributed by atoms with Gasteiger partial charge in [0, 0.05) is 12.0 Å². The van der Waals surface area contributed by atoms with Crippen molar-refractivity contribution in [2.24, 2.45) is 0 Å². The fourth-order valence-corrected chi connectivity index (χ4v) is 1.83. The summed E-state index contributed by atoms with van der Waals surface area (Å²) in [6.07, 6.45) is 0.632. The zero-order valence-electron chi connectivity index (χ0n) is 5.81. The molecule has 0 fully saturated rings. The summed E-state index contributed by atoms with van der Waals surface area (Å²) >= 11 is 17.2. The van der Waals surface area contributed by atoms with E-state index in [2.05, 4.69) is 15.3 Å². The van der Waals surface area contributed by atoms with E-state index in [1.165, 1.54) is 0 Å². The van der Waals surface area contributed by atoms with Crippen molar-refractivity contribution in [1.82, 2.24) is 9.97 Å². The minimum absolute atomic E-state index is 0.136. The van der Waals surface area contributed by atoms with Crippen molar-refractivity contribution in [2.75, 3.05) is 5.32 Å². The van der Waals surface area contributed by atoms with Gasteiger partial charge in [-0.25, -0.2) is 9.97 Å². The van der Waals surface area contributed by atoms with E-state index in [1.807, 2.05) is 0 Å². The van der Waals surface area contributed by atoms with Gasteiger partial charge >= 0.3 is 0 Å². The molecule has 0 bridgehead atoms. The molecule has 0 saturated heterocycles. The van der Waals surface area contributed by atoms with Crippen LogP contribution in [0.25, 0.3) is 0 Å². The third kappa shape index (κ3) is 1.32. The SMILES string of the molecule is Clc1nc(Cl)c2c(n1)NC(Cl)C2. The average Bonchev–Trinajstić information content (AvgIpc) is 2.29. The Labute approximate surface area is 84.1 Å². The fraction of sp³-hybridized carbons (Fsp3) is 0.333. The van der Waals surface area contributed by atoms with E-state index < -0.39 is 0 Å². The Balaban J connectivity index is 2.52. The lowest BCUT2D eigenvalue weighted by molar-refractivity contribution is 1.01. The summed E-state index contributed by atoms with van der Waals surface area (Å²) in [5.74, 6) is 0.639. The number of aromatic nitrogens is 2. The standard InChI is InChI=1S/C6H4Cl3N3/c7-3-1-2-4(8)11-6(9)12-5(2)10-3/h3H,1H2,(H,10,11,12). The smallest absolute Gasteiger partial charge is 0.225 e. The van der Waals surface area contributed by atoms with Gasteiger partial charge in [-0.05, 0) is 11.6 Å². The summed E-state index contributed by atoms with van der Waals surface area (Å²) in [6, 6.07) is 0. The number of fused-ring (bicyclic) bond motifs is 1. The van der Waals surface area contributed by atoms with Crippen molar-refractivity contribution in [3.63, 3.8) is 0 Å². The number of hydrogen-bond donors (Lipinski definition) is 1. The highest BCUT2D eigenvalue weighted by atomic mass is 35.5. The number of halogens is 3. The minimum atomic E-state index is -0.162. The van der Waals surface area contributed by atoms with E-state index in [1.54, 1.807) is 0 Å². The average molecular weight is 224 g/mol. The van der Waals surface area contributed by atoms with Crippen LogP contribution in [0.1, 0.15) is 5.56 Å². The quantitative estimate of drug-likeness (QED) is 0.318. The predicted molar refractivity (Wildman–Crippen MR) is 49.0 cm³/mol. The van der Waals surface area contributed by atoms with Crippen LogP contribution < -0.4 is 5.32 Å². The normalized spacial score (nSPS) is 20.4. The van der Waals surface area contributed by atoms with Gasteiger partial charge in [0.2, 0.25) is 5.28 Å². The van der Waals surface area contributed by atoms with Gasteiger partial charge in [0.25, 0.3) is 0 Å². The third-order valence-electron chi connectivity index (χ3n) is 1.61. The van der Waals surface area contributed by atoms with E-state index in [-0.39, 0.29) is 10.8 Å². The molecule has 0 aromatic carbocycles. The van der Waals surface area contributed by atoms with Gasteiger partial charge in [-0.3, -0.25) is 0 Å². The van der Waals surface area contributed by atoms with Crippen LogP contribution in [0, 0.1) is 0 Å². The molecule has 12 heavy (non-hydrogen) atoms. The molecular weight excluding hydrogens is 220 g/mol. The van der Waals surface area contributed by atoms with E-state index in [9.17, 15) is 0 Å². The molecule has 1 aromatic heterocycles. The van der Waals surface area contributed by atoms with Gasteiger partial charge in [-0.2, -0.15) is 0 Å². The van der Waals surface area contributed by atoms with Gasteiger partial charge in [0.15, 0.2) is 0 Å². The fourth-order valence-electron chi connectivity index (χ4n) is 1.11. The number of nitrogens with zero attached hydrogens (tertiary/aromatic N) is 2. The van der Waals surface area contributed by atoms with Crippen molar-refractivity contribution in [3.8, 4) is 0 Å². The van der Waals surface area contributed by atoms with Gasteiger partial charge in [0.1, 0.15) is 16.5 Å². The Morgan fingerprint density at radius 1 is 1.33 bits per heavy atom. The highest BCUT2D eigenvalue weighted by Gasteiger charge is 2.23. The van der Waals surface area contributed by atoms with Gasteiger partial charge < -0.3 is 5.32 Å². The first-order chi connectivity index (χ1) is 5.66. The molecule has 6 heteroatoms. The molecule has 3 nitrogen and oxygen atoms in total. The summed E-state index contributed by atoms with van der Waals surface area (Å²) in [5.41, 5.74) is 0.673. The molecule has 1 atom stereocenters. The topological polar surface area (TPSA) is 37.8 Å². The van der Waals surface area contributed by atoms with Crippen LogP contribution in [0.5, 0.6) is 0 Å². The van der Waals surface area contributed by atoms with Crippen LogP contribution in [0.4, 0.5) is 5.82 Å². The Kier molecular flexibility index (Phi) is 2.02. The first-order valence-corrected chi connectivity index (χ1v) is 4.48. The molecule has 0 aliphatic carbocycles. The molecule has 0 radical (unpaired) electrons. The maximum Gasteiger partial charge on any atom is 0.225 e. The van der Waals surface area contributed by atoms with Crippen molar-refractivity contribution in [3.05, 3.63) is 16.0 Å². The monoisotopic (exact) mass is 223 g/mol. The second-order valence-electron chi connectivity index (χ2n) is 2.43. The summed E-state index contributed by atoms with van der Waals surface area (Å²) in [6.45, 7) is 0. The van der Waals surface area contributed by atoms with Crippen LogP contribution >= 0.6 is 34.8 Å². The molecule has 0 spiro atoms. The van der Waals surface area contributed by atoms with Crippen molar-refractivity contribution >= 4 is 40.6 Å². The van der Waals surface area contributed by atoms with Crippen LogP contribution in [0.15, 0.2) is 0 Å². The third-order valence-corrected chi connectivity index (χ3v) is 2.35. The summed E-state index contributed by atoms with van der Waals surface area (Å²) in [7, 11) is 0. The van der Waals surface area contributed by atoms with Crippen LogP contribution in [-0.2, 0) is 6.42 Å². The highest BCUT2D eigenvalue weighted by molar-refractivity contribution is 6.33. The maximum absolute atomic E-state index is 5.82. The number of nitrogens with one attached hydrogen (secondary N) is 1. The summed E-state index contributed by atoms with van der Waals surface area (Å²) in [5, 5.41) is 3.44. The number of rotatable bonds is 0. The Bertz CT molecular complexity index is 328. The van der Waals surface area contributed by atoms with Gasteiger partial charge in [-0.1, -0.05) is 23.2 Å². The molecule has 64 valence electrons. The molecule has 1 aromatic rings. The van der Waals surface area contributed by atoms with E-state index in [0.717, 1.165) is 5.56 Å². The molecule has 2 rings (SSSR count). The number of alkyl halides is 1. The maximum atomic E-state index is 5.82. The van der Waals surface area contributed by atoms with E-state index in [0.29, 0.717) is 17.4 Å². The second-order valence-corrected chi connectivity index (χ2v) is 3.65. The van der Waals surface area contributed by atoms with Crippen molar-refractivity contribution < 1.29 is 0 Å². The largest absolute Gasteiger partial charge is 0.353 e. The van der Waals surface area contributed by atoms with Crippen LogP contribution in [0.2, 0.25) is 10.4 Å². The zero-order chi connectivity index (χ0) is 8.72. The van der Waals surface area contributed by atoms with Crippen molar-refractivity contribution in [1.29, 1.82) is 0 Å². The summed E-state index contributed by atoms with van der Waals surface area (Å²) < 4.78 is 0. The number of hydrogen-bond acceptors (Lipinski definition) is 3. The Morgan fingerprint density at radius 2 is 2.08 bits per heavy atom. The molecule has 1 aliphatic heterocycles. The molecule has 1 N–H and O–H groups in total. The molecule has 1 aliphatic rings. The van der Waals surface area contributed by atoms with E-state index in [4.69, 9.17) is 34.8 Å².